The molecular weight excluding hydrogens is 352 g/mol. The van der Waals surface area contributed by atoms with Gasteiger partial charge in [0.1, 0.15) is 23.6 Å². The number of ether oxygens (including phenoxy) is 1. The summed E-state index contributed by atoms with van der Waals surface area (Å²) in [6.45, 7) is 4.57. The first kappa shape index (κ1) is 19.4. The van der Waals surface area contributed by atoms with Crippen molar-refractivity contribution in [3.8, 4) is 5.75 Å². The number of benzene rings is 2. The van der Waals surface area contributed by atoms with E-state index in [1.807, 2.05) is 50.2 Å². The summed E-state index contributed by atoms with van der Waals surface area (Å²) in [6.07, 6.45) is 2.10. The predicted octanol–water partition coefficient (Wildman–Crippen LogP) is 3.82. The second-order valence-corrected chi connectivity index (χ2v) is 6.59. The second-order valence-electron chi connectivity index (χ2n) is 6.59. The molecule has 2 N–H and O–H groups in total. The highest BCUT2D eigenvalue weighted by molar-refractivity contribution is 5.93. The third kappa shape index (κ3) is 5.07. The molecular formula is C22H24N4O2. The molecule has 6 heteroatoms. The fourth-order valence-corrected chi connectivity index (χ4v) is 2.80. The summed E-state index contributed by atoms with van der Waals surface area (Å²) >= 11 is 0. The molecule has 3 aromatic rings. The van der Waals surface area contributed by atoms with E-state index in [1.54, 1.807) is 13.2 Å². The molecule has 0 saturated carbocycles. The number of aromatic nitrogens is 2. The summed E-state index contributed by atoms with van der Waals surface area (Å²) in [6, 6.07) is 15.6. The van der Waals surface area contributed by atoms with E-state index in [0.29, 0.717) is 24.5 Å². The Morgan fingerprint density at radius 2 is 1.93 bits per heavy atom. The molecule has 6 nitrogen and oxygen atoms in total. The largest absolute Gasteiger partial charge is 0.497 e. The van der Waals surface area contributed by atoms with E-state index in [4.69, 9.17) is 4.74 Å². The van der Waals surface area contributed by atoms with E-state index < -0.39 is 0 Å². The first-order valence-corrected chi connectivity index (χ1v) is 9.12. The molecule has 3 rings (SSSR count). The van der Waals surface area contributed by atoms with Gasteiger partial charge in [0, 0.05) is 18.3 Å². The quantitative estimate of drug-likeness (QED) is 0.656. The van der Waals surface area contributed by atoms with Gasteiger partial charge in [-0.15, -0.1) is 0 Å². The van der Waals surface area contributed by atoms with E-state index in [0.717, 1.165) is 28.1 Å². The number of rotatable bonds is 7. The van der Waals surface area contributed by atoms with Crippen molar-refractivity contribution < 1.29 is 9.53 Å². The lowest BCUT2D eigenvalue weighted by molar-refractivity contribution is 0.0949. The highest BCUT2D eigenvalue weighted by Gasteiger charge is 2.09. The number of amides is 1. The van der Waals surface area contributed by atoms with Crippen LogP contribution >= 0.6 is 0 Å². The van der Waals surface area contributed by atoms with Crippen LogP contribution in [0.1, 0.15) is 27.2 Å². The normalized spacial score (nSPS) is 10.4. The third-order valence-corrected chi connectivity index (χ3v) is 4.39. The van der Waals surface area contributed by atoms with Crippen molar-refractivity contribution in [2.75, 3.05) is 19.0 Å². The summed E-state index contributed by atoms with van der Waals surface area (Å²) in [4.78, 5) is 20.7. The van der Waals surface area contributed by atoms with Gasteiger partial charge in [0.15, 0.2) is 0 Å². The number of carbonyl (C=O) groups is 1. The molecule has 0 aliphatic carbocycles. The topological polar surface area (TPSA) is 76.1 Å². The maximum atomic E-state index is 12.4. The fraction of sp³-hybridized carbons (Fsp3) is 0.227. The second kappa shape index (κ2) is 8.99. The number of methoxy groups -OCH3 is 1. The van der Waals surface area contributed by atoms with Crippen LogP contribution in [0.4, 0.5) is 11.5 Å². The summed E-state index contributed by atoms with van der Waals surface area (Å²) in [5.74, 6) is 1.16. The fourth-order valence-electron chi connectivity index (χ4n) is 2.80. The van der Waals surface area contributed by atoms with Crippen LogP contribution in [0.3, 0.4) is 0 Å². The Morgan fingerprint density at radius 3 is 2.75 bits per heavy atom. The Bertz CT molecular complexity index is 972. The van der Waals surface area contributed by atoms with Gasteiger partial charge in [-0.05, 0) is 55.2 Å². The number of nitrogens with one attached hydrogen (secondary N) is 2. The Labute approximate surface area is 165 Å². The zero-order valence-electron chi connectivity index (χ0n) is 16.3. The monoisotopic (exact) mass is 376 g/mol. The van der Waals surface area contributed by atoms with Crippen molar-refractivity contribution in [3.63, 3.8) is 0 Å². The maximum Gasteiger partial charge on any atom is 0.270 e. The molecule has 1 heterocycles. The molecule has 144 valence electrons. The third-order valence-electron chi connectivity index (χ3n) is 4.39. The Balaban J connectivity index is 1.61. The van der Waals surface area contributed by atoms with E-state index in [2.05, 4.69) is 26.7 Å². The molecule has 0 radical (unpaired) electrons. The molecule has 1 aromatic heterocycles. The molecule has 1 amide bonds. The van der Waals surface area contributed by atoms with Gasteiger partial charge >= 0.3 is 0 Å². The van der Waals surface area contributed by atoms with Crippen molar-refractivity contribution in [3.05, 3.63) is 77.2 Å². The number of nitrogens with zero attached hydrogens (tertiary/aromatic N) is 2. The van der Waals surface area contributed by atoms with Crippen LogP contribution < -0.4 is 15.4 Å². The van der Waals surface area contributed by atoms with Gasteiger partial charge in [-0.2, -0.15) is 0 Å². The number of anilines is 2. The van der Waals surface area contributed by atoms with Crippen molar-refractivity contribution in [1.29, 1.82) is 0 Å². The van der Waals surface area contributed by atoms with Crippen LogP contribution in [0.25, 0.3) is 0 Å². The standard InChI is InChI=1S/C22H24N4O2/c1-15-7-8-16(2)19(11-15)26-21-13-20(24-14-25-21)22(27)23-10-9-17-5-4-6-18(12-17)28-3/h4-8,11-14H,9-10H2,1-3H3,(H,23,27)(H,24,25,26). The molecule has 0 unspecified atom stereocenters. The van der Waals surface area contributed by atoms with Gasteiger partial charge in [-0.3, -0.25) is 4.79 Å². The van der Waals surface area contributed by atoms with Crippen molar-refractivity contribution >= 4 is 17.4 Å². The molecule has 0 fully saturated rings. The molecule has 28 heavy (non-hydrogen) atoms. The highest BCUT2D eigenvalue weighted by Crippen LogP contribution is 2.20. The molecule has 2 aromatic carbocycles. The lowest BCUT2D eigenvalue weighted by Gasteiger charge is -2.11. The SMILES string of the molecule is COc1cccc(CCNC(=O)c2cc(Nc3cc(C)ccc3C)ncn2)c1. The lowest BCUT2D eigenvalue weighted by atomic mass is 10.1. The van der Waals surface area contributed by atoms with Crippen LogP contribution in [0.5, 0.6) is 5.75 Å². The van der Waals surface area contributed by atoms with Crippen LogP contribution in [0, 0.1) is 13.8 Å². The van der Waals surface area contributed by atoms with E-state index in [-0.39, 0.29) is 5.91 Å². The van der Waals surface area contributed by atoms with Crippen LogP contribution in [0.2, 0.25) is 0 Å². The number of aryl methyl sites for hydroxylation is 2. The molecule has 0 bridgehead atoms. The van der Waals surface area contributed by atoms with E-state index >= 15 is 0 Å². The molecule has 0 atom stereocenters. The van der Waals surface area contributed by atoms with Crippen molar-refractivity contribution in [2.24, 2.45) is 0 Å². The highest BCUT2D eigenvalue weighted by atomic mass is 16.5. The maximum absolute atomic E-state index is 12.4. The predicted molar refractivity (Wildman–Crippen MR) is 110 cm³/mol. The summed E-state index contributed by atoms with van der Waals surface area (Å²) in [7, 11) is 1.64. The minimum Gasteiger partial charge on any atom is -0.497 e. The minimum absolute atomic E-state index is 0.227. The zero-order chi connectivity index (χ0) is 19.9. The summed E-state index contributed by atoms with van der Waals surface area (Å²) in [5, 5.41) is 6.16. The molecule has 0 saturated heterocycles. The van der Waals surface area contributed by atoms with E-state index in [1.165, 1.54) is 6.33 Å². The Morgan fingerprint density at radius 1 is 1.07 bits per heavy atom. The number of hydrogen-bond donors (Lipinski definition) is 2. The van der Waals surface area contributed by atoms with Gasteiger partial charge in [0.05, 0.1) is 7.11 Å². The summed E-state index contributed by atoms with van der Waals surface area (Å²) < 4.78 is 5.22. The summed E-state index contributed by atoms with van der Waals surface area (Å²) in [5.41, 5.74) is 4.64. The van der Waals surface area contributed by atoms with Gasteiger partial charge in [0.25, 0.3) is 5.91 Å². The lowest BCUT2D eigenvalue weighted by Crippen LogP contribution is -2.26. The van der Waals surface area contributed by atoms with Gasteiger partial charge in [0.2, 0.25) is 0 Å². The van der Waals surface area contributed by atoms with Gasteiger partial charge in [-0.25, -0.2) is 9.97 Å². The number of carbonyl (C=O) groups excluding carboxylic acids is 1. The Hall–Kier alpha value is -3.41. The van der Waals surface area contributed by atoms with E-state index in [9.17, 15) is 4.79 Å². The van der Waals surface area contributed by atoms with Crippen LogP contribution in [-0.2, 0) is 6.42 Å². The minimum atomic E-state index is -0.227. The number of hydrogen-bond acceptors (Lipinski definition) is 5. The molecule has 0 aliphatic rings. The average Bonchev–Trinajstić information content (AvgIpc) is 2.71. The zero-order valence-corrected chi connectivity index (χ0v) is 16.3. The van der Waals surface area contributed by atoms with Crippen molar-refractivity contribution in [2.45, 2.75) is 20.3 Å². The smallest absolute Gasteiger partial charge is 0.270 e. The molecule has 0 spiro atoms. The van der Waals surface area contributed by atoms with Gasteiger partial charge in [-0.1, -0.05) is 24.3 Å². The van der Waals surface area contributed by atoms with Crippen LogP contribution in [0.15, 0.2) is 54.9 Å². The van der Waals surface area contributed by atoms with Gasteiger partial charge < -0.3 is 15.4 Å². The first-order valence-electron chi connectivity index (χ1n) is 9.12. The average molecular weight is 376 g/mol. The first-order chi connectivity index (χ1) is 13.5. The molecule has 0 aliphatic heterocycles. The van der Waals surface area contributed by atoms with Crippen molar-refractivity contribution in [1.82, 2.24) is 15.3 Å². The Kier molecular flexibility index (Phi) is 6.22. The van der Waals surface area contributed by atoms with Crippen LogP contribution in [-0.4, -0.2) is 29.5 Å².